The molecule has 0 atom stereocenters. The predicted octanol–water partition coefficient (Wildman–Crippen LogP) is 5.36. The van der Waals surface area contributed by atoms with Crippen LogP contribution in [0.25, 0.3) is 11.1 Å². The molecule has 0 N–H and O–H groups in total. The lowest BCUT2D eigenvalue weighted by Gasteiger charge is -2.11. The van der Waals surface area contributed by atoms with Crippen LogP contribution in [0.5, 0.6) is 11.5 Å². The Kier molecular flexibility index (Phi) is 5.14. The van der Waals surface area contributed by atoms with Gasteiger partial charge in [0.05, 0.1) is 11.7 Å². The molecule has 0 aliphatic carbocycles. The zero-order valence-corrected chi connectivity index (χ0v) is 14.3. The number of hydrogen-bond donors (Lipinski definition) is 0. The molecule has 0 radical (unpaired) electrons. The minimum atomic E-state index is -0.389. The Balaban J connectivity index is 1.80. The molecule has 3 rings (SSSR count). The number of hydrogen-bond acceptors (Lipinski definition) is 3. The summed E-state index contributed by atoms with van der Waals surface area (Å²) >= 11 is 0. The third-order valence-corrected chi connectivity index (χ3v) is 3.64. The maximum absolute atomic E-state index is 12.5. The van der Waals surface area contributed by atoms with Crippen molar-refractivity contribution in [2.24, 2.45) is 0 Å². The number of carbonyl (C=O) groups is 1. The molecule has 3 nitrogen and oxygen atoms in total. The zero-order valence-electron chi connectivity index (χ0n) is 14.3. The lowest BCUT2D eigenvalue weighted by atomic mass is 10.0. The van der Waals surface area contributed by atoms with Crippen LogP contribution in [-0.2, 0) is 0 Å². The average molecular weight is 332 g/mol. The van der Waals surface area contributed by atoms with Gasteiger partial charge in [-0.2, -0.15) is 0 Å². The lowest BCUT2D eigenvalue weighted by molar-refractivity contribution is 0.0735. The third kappa shape index (κ3) is 4.27. The fourth-order valence-corrected chi connectivity index (χ4v) is 2.51. The summed E-state index contributed by atoms with van der Waals surface area (Å²) in [7, 11) is 0. The molecule has 0 spiro atoms. The Bertz CT molecular complexity index is 837. The Hall–Kier alpha value is -3.07. The molecule has 3 aromatic rings. The van der Waals surface area contributed by atoms with Crippen LogP contribution in [0.2, 0.25) is 0 Å². The van der Waals surface area contributed by atoms with Gasteiger partial charge in [0.25, 0.3) is 0 Å². The number of para-hydroxylation sites is 1. The summed E-state index contributed by atoms with van der Waals surface area (Å²) in [5, 5.41) is 0. The second kappa shape index (κ2) is 7.67. The highest BCUT2D eigenvalue weighted by atomic mass is 16.5. The smallest absolute Gasteiger partial charge is 0.343 e. The molecule has 3 heteroatoms. The van der Waals surface area contributed by atoms with Crippen molar-refractivity contribution in [3.05, 3.63) is 84.4 Å². The number of benzene rings is 3. The molecule has 3 aromatic carbocycles. The van der Waals surface area contributed by atoms with E-state index in [1.54, 1.807) is 30.3 Å². The van der Waals surface area contributed by atoms with Crippen LogP contribution >= 0.6 is 0 Å². The average Bonchev–Trinajstić information content (AvgIpc) is 2.63. The first kappa shape index (κ1) is 16.8. The molecule has 0 aliphatic heterocycles. The Labute approximate surface area is 147 Å². The first-order chi connectivity index (χ1) is 12.1. The summed E-state index contributed by atoms with van der Waals surface area (Å²) < 4.78 is 11.2. The van der Waals surface area contributed by atoms with Gasteiger partial charge in [0.2, 0.25) is 0 Å². The number of rotatable bonds is 5. The summed E-state index contributed by atoms with van der Waals surface area (Å²) in [6.45, 7) is 3.92. The highest BCUT2D eigenvalue weighted by Crippen LogP contribution is 2.30. The molecule has 0 aromatic heterocycles. The largest absolute Gasteiger partial charge is 0.491 e. The number of esters is 1. The lowest BCUT2D eigenvalue weighted by Crippen LogP contribution is -2.10. The van der Waals surface area contributed by atoms with E-state index in [9.17, 15) is 4.79 Å². The van der Waals surface area contributed by atoms with Gasteiger partial charge in [-0.3, -0.25) is 0 Å². The maximum atomic E-state index is 12.5. The van der Waals surface area contributed by atoms with Crippen LogP contribution in [0.4, 0.5) is 0 Å². The van der Waals surface area contributed by atoms with Gasteiger partial charge in [0.1, 0.15) is 11.5 Å². The molecule has 126 valence electrons. The monoisotopic (exact) mass is 332 g/mol. The van der Waals surface area contributed by atoms with E-state index in [-0.39, 0.29) is 12.1 Å². The van der Waals surface area contributed by atoms with Crippen LogP contribution < -0.4 is 9.47 Å². The molecule has 25 heavy (non-hydrogen) atoms. The number of ether oxygens (including phenoxy) is 2. The van der Waals surface area contributed by atoms with E-state index in [1.807, 2.05) is 62.4 Å². The Morgan fingerprint density at radius 3 is 2.12 bits per heavy atom. The van der Waals surface area contributed by atoms with Crippen molar-refractivity contribution in [3.8, 4) is 22.6 Å². The summed E-state index contributed by atoms with van der Waals surface area (Å²) in [5.74, 6) is 0.886. The molecule has 0 unspecified atom stereocenters. The molecule has 0 heterocycles. The molecule has 0 aliphatic rings. The molecule has 0 saturated carbocycles. The summed E-state index contributed by atoms with van der Waals surface area (Å²) in [5.41, 5.74) is 2.38. The van der Waals surface area contributed by atoms with E-state index in [4.69, 9.17) is 9.47 Å². The second-order valence-electron chi connectivity index (χ2n) is 5.94. The van der Waals surface area contributed by atoms with Crippen LogP contribution in [0.1, 0.15) is 24.2 Å². The van der Waals surface area contributed by atoms with Crippen LogP contribution in [-0.4, -0.2) is 12.1 Å². The van der Waals surface area contributed by atoms with E-state index < -0.39 is 0 Å². The molecule has 0 saturated heterocycles. The standard InChI is InChI=1S/C22H20O3/c1-16(2)24-19-14-12-18(13-15-19)22(23)25-21-11-7-6-10-20(21)17-8-4-3-5-9-17/h3-16H,1-2H3. The van der Waals surface area contributed by atoms with Gasteiger partial charge in [0, 0.05) is 5.56 Å². The van der Waals surface area contributed by atoms with E-state index in [1.165, 1.54) is 0 Å². The van der Waals surface area contributed by atoms with Crippen molar-refractivity contribution in [2.75, 3.05) is 0 Å². The molecule has 0 amide bonds. The summed E-state index contributed by atoms with van der Waals surface area (Å²) in [6, 6.07) is 24.4. The second-order valence-corrected chi connectivity index (χ2v) is 5.94. The van der Waals surface area contributed by atoms with Crippen molar-refractivity contribution in [1.82, 2.24) is 0 Å². The van der Waals surface area contributed by atoms with Gasteiger partial charge in [-0.1, -0.05) is 48.5 Å². The van der Waals surface area contributed by atoms with Gasteiger partial charge in [0.15, 0.2) is 0 Å². The van der Waals surface area contributed by atoms with Gasteiger partial charge < -0.3 is 9.47 Å². The van der Waals surface area contributed by atoms with Crippen LogP contribution in [0.15, 0.2) is 78.9 Å². The van der Waals surface area contributed by atoms with Gasteiger partial charge in [-0.25, -0.2) is 4.79 Å². The molecule has 0 bridgehead atoms. The third-order valence-electron chi connectivity index (χ3n) is 3.64. The van der Waals surface area contributed by atoms with Crippen LogP contribution in [0.3, 0.4) is 0 Å². The van der Waals surface area contributed by atoms with E-state index in [0.29, 0.717) is 11.3 Å². The zero-order chi connectivity index (χ0) is 17.6. The summed E-state index contributed by atoms with van der Waals surface area (Å²) in [6.07, 6.45) is 0.0931. The highest BCUT2D eigenvalue weighted by Gasteiger charge is 2.12. The van der Waals surface area contributed by atoms with E-state index >= 15 is 0 Å². The van der Waals surface area contributed by atoms with Crippen molar-refractivity contribution in [3.63, 3.8) is 0 Å². The van der Waals surface area contributed by atoms with Crippen molar-refractivity contribution >= 4 is 5.97 Å². The first-order valence-electron chi connectivity index (χ1n) is 8.27. The summed E-state index contributed by atoms with van der Waals surface area (Å²) in [4.78, 5) is 12.5. The SMILES string of the molecule is CC(C)Oc1ccc(C(=O)Oc2ccccc2-c2ccccc2)cc1. The van der Waals surface area contributed by atoms with Gasteiger partial charge in [-0.05, 0) is 49.7 Å². The maximum Gasteiger partial charge on any atom is 0.343 e. The minimum Gasteiger partial charge on any atom is -0.491 e. The highest BCUT2D eigenvalue weighted by molar-refractivity contribution is 5.92. The Morgan fingerprint density at radius 1 is 0.800 bits per heavy atom. The van der Waals surface area contributed by atoms with Crippen LogP contribution in [0, 0.1) is 0 Å². The number of carbonyl (C=O) groups excluding carboxylic acids is 1. The van der Waals surface area contributed by atoms with E-state index in [0.717, 1.165) is 16.9 Å². The topological polar surface area (TPSA) is 35.5 Å². The molecular formula is C22H20O3. The van der Waals surface area contributed by atoms with E-state index in [2.05, 4.69) is 0 Å². The van der Waals surface area contributed by atoms with Crippen molar-refractivity contribution in [1.29, 1.82) is 0 Å². The Morgan fingerprint density at radius 2 is 1.44 bits per heavy atom. The quantitative estimate of drug-likeness (QED) is 0.466. The van der Waals surface area contributed by atoms with Gasteiger partial charge >= 0.3 is 5.97 Å². The molecule has 0 fully saturated rings. The van der Waals surface area contributed by atoms with Crippen molar-refractivity contribution < 1.29 is 14.3 Å². The first-order valence-corrected chi connectivity index (χ1v) is 8.27. The fraction of sp³-hybridized carbons (Fsp3) is 0.136. The van der Waals surface area contributed by atoms with Crippen molar-refractivity contribution in [2.45, 2.75) is 20.0 Å². The predicted molar refractivity (Wildman–Crippen MR) is 99.0 cm³/mol. The normalized spacial score (nSPS) is 10.5. The molecular weight excluding hydrogens is 312 g/mol. The fourth-order valence-electron chi connectivity index (χ4n) is 2.51. The van der Waals surface area contributed by atoms with Gasteiger partial charge in [-0.15, -0.1) is 0 Å². The minimum absolute atomic E-state index is 0.0931.